The minimum Gasteiger partial charge on any atom is -0.493 e. The Kier molecular flexibility index (Phi) is 7.17. The fourth-order valence-corrected chi connectivity index (χ4v) is 4.87. The highest BCUT2D eigenvalue weighted by atomic mass is 32.1. The first kappa shape index (κ1) is 23.8. The highest BCUT2D eigenvalue weighted by molar-refractivity contribution is 7.22. The normalized spacial score (nSPS) is 14.3. The zero-order valence-electron chi connectivity index (χ0n) is 19.7. The molecule has 1 aliphatic heterocycles. The minimum absolute atomic E-state index is 0.194. The zero-order chi connectivity index (χ0) is 24.2. The molecule has 0 saturated carbocycles. The molecule has 1 N–H and O–H groups in total. The number of amides is 1. The van der Waals surface area contributed by atoms with Gasteiger partial charge in [0.2, 0.25) is 11.7 Å². The van der Waals surface area contributed by atoms with Crippen LogP contribution in [0.3, 0.4) is 0 Å². The molecule has 34 heavy (non-hydrogen) atoms. The number of anilines is 2. The maximum absolute atomic E-state index is 13.0. The summed E-state index contributed by atoms with van der Waals surface area (Å²) in [7, 11) is 4.50. The van der Waals surface area contributed by atoms with Crippen LogP contribution in [0.25, 0.3) is 10.3 Å². The van der Waals surface area contributed by atoms with Crippen LogP contribution in [0.5, 0.6) is 17.2 Å². The van der Waals surface area contributed by atoms with Crippen molar-refractivity contribution < 1.29 is 19.0 Å². The number of benzene rings is 1. The SMILES string of the molecule is CCN1CCN(c2nc3ncn(CC(=O)Nc4cc(OC)c(OC)c(OC)c4)c(=O)c3s2)CC1. The number of nitrogens with zero attached hydrogens (tertiary/aromatic N) is 5. The highest BCUT2D eigenvalue weighted by Crippen LogP contribution is 2.39. The first-order chi connectivity index (χ1) is 16.5. The average Bonchev–Trinajstić information content (AvgIpc) is 3.30. The number of carbonyl (C=O) groups excluding carboxylic acids is 1. The van der Waals surface area contributed by atoms with Crippen molar-refractivity contribution in [2.75, 3.05) is 64.3 Å². The number of likely N-dealkylation sites (N-methyl/N-ethyl adjacent to an activating group) is 1. The summed E-state index contributed by atoms with van der Waals surface area (Å²) in [5.41, 5.74) is 0.568. The fraction of sp³-hybridized carbons (Fsp3) is 0.455. The lowest BCUT2D eigenvalue weighted by atomic mass is 10.2. The quantitative estimate of drug-likeness (QED) is 0.506. The summed E-state index contributed by atoms with van der Waals surface area (Å²) in [5, 5.41) is 3.55. The molecule has 4 rings (SSSR count). The van der Waals surface area contributed by atoms with Crippen LogP contribution in [0.2, 0.25) is 0 Å². The maximum Gasteiger partial charge on any atom is 0.273 e. The van der Waals surface area contributed by atoms with Crippen molar-refractivity contribution in [3.05, 3.63) is 28.8 Å². The summed E-state index contributed by atoms with van der Waals surface area (Å²) < 4.78 is 17.7. The summed E-state index contributed by atoms with van der Waals surface area (Å²) in [6.07, 6.45) is 1.36. The number of thiazole rings is 1. The van der Waals surface area contributed by atoms with E-state index in [-0.39, 0.29) is 12.1 Å². The molecule has 1 saturated heterocycles. The third kappa shape index (κ3) is 4.77. The number of hydrogen-bond donors (Lipinski definition) is 1. The lowest BCUT2D eigenvalue weighted by molar-refractivity contribution is -0.116. The second-order valence-corrected chi connectivity index (χ2v) is 8.69. The third-order valence-electron chi connectivity index (χ3n) is 5.72. The summed E-state index contributed by atoms with van der Waals surface area (Å²) in [6.45, 7) is 6.63. The molecule has 3 aromatic rings. The monoisotopic (exact) mass is 488 g/mol. The van der Waals surface area contributed by atoms with Gasteiger partial charge in [-0.3, -0.25) is 14.2 Å². The molecule has 1 aromatic carbocycles. The molecular formula is C22H28N6O5S. The molecule has 0 aliphatic carbocycles. The molecular weight excluding hydrogens is 460 g/mol. The van der Waals surface area contributed by atoms with Crippen molar-refractivity contribution in [1.29, 1.82) is 0 Å². The average molecular weight is 489 g/mol. The van der Waals surface area contributed by atoms with Gasteiger partial charge in [-0.2, -0.15) is 4.98 Å². The first-order valence-corrected chi connectivity index (χ1v) is 11.7. The number of nitrogens with one attached hydrogen (secondary N) is 1. The van der Waals surface area contributed by atoms with Crippen LogP contribution in [-0.2, 0) is 11.3 Å². The van der Waals surface area contributed by atoms with Gasteiger partial charge in [0.15, 0.2) is 22.3 Å². The van der Waals surface area contributed by atoms with Crippen LogP contribution in [0.4, 0.5) is 10.8 Å². The van der Waals surface area contributed by atoms with E-state index >= 15 is 0 Å². The largest absolute Gasteiger partial charge is 0.493 e. The molecule has 1 fully saturated rings. The van der Waals surface area contributed by atoms with Gasteiger partial charge < -0.3 is 29.3 Å². The van der Waals surface area contributed by atoms with Crippen LogP contribution in [-0.4, -0.2) is 79.4 Å². The molecule has 12 heteroatoms. The van der Waals surface area contributed by atoms with Crippen molar-refractivity contribution in [2.45, 2.75) is 13.5 Å². The molecule has 0 bridgehead atoms. The maximum atomic E-state index is 13.0. The van der Waals surface area contributed by atoms with Crippen LogP contribution in [0.15, 0.2) is 23.3 Å². The van der Waals surface area contributed by atoms with E-state index in [0.29, 0.717) is 33.3 Å². The number of methoxy groups -OCH3 is 3. The molecule has 0 unspecified atom stereocenters. The van der Waals surface area contributed by atoms with E-state index in [0.717, 1.165) is 37.9 Å². The van der Waals surface area contributed by atoms with Crippen molar-refractivity contribution in [3.63, 3.8) is 0 Å². The van der Waals surface area contributed by atoms with E-state index in [9.17, 15) is 9.59 Å². The summed E-state index contributed by atoms with van der Waals surface area (Å²) in [6, 6.07) is 3.24. The smallest absolute Gasteiger partial charge is 0.273 e. The van der Waals surface area contributed by atoms with Gasteiger partial charge in [-0.1, -0.05) is 18.3 Å². The Balaban J connectivity index is 1.51. The number of piperazine rings is 1. The Hall–Kier alpha value is -3.38. The van der Waals surface area contributed by atoms with Crippen LogP contribution in [0.1, 0.15) is 6.92 Å². The standard InChI is InChI=1S/C22H28N6O5S/c1-5-26-6-8-27(9-7-26)22-25-20-19(34-22)21(30)28(13-23-20)12-17(29)24-14-10-15(31-2)18(33-4)16(11-14)32-3/h10-11,13H,5-9,12H2,1-4H3,(H,24,29). The van der Waals surface area contributed by atoms with Crippen molar-refractivity contribution >= 4 is 38.4 Å². The Morgan fingerprint density at radius 1 is 1.09 bits per heavy atom. The molecule has 2 aromatic heterocycles. The Bertz CT molecular complexity index is 1210. The summed E-state index contributed by atoms with van der Waals surface area (Å²) in [5.74, 6) is 0.854. The van der Waals surface area contributed by atoms with Gasteiger partial charge in [-0.05, 0) is 6.54 Å². The first-order valence-electron chi connectivity index (χ1n) is 10.9. The Morgan fingerprint density at radius 3 is 2.35 bits per heavy atom. The van der Waals surface area contributed by atoms with Gasteiger partial charge in [0.25, 0.3) is 5.56 Å². The number of fused-ring (bicyclic) bond motifs is 1. The number of carbonyl (C=O) groups is 1. The van der Waals surface area contributed by atoms with Crippen LogP contribution in [0, 0.1) is 0 Å². The number of hydrogen-bond acceptors (Lipinski definition) is 10. The summed E-state index contributed by atoms with van der Waals surface area (Å²) in [4.78, 5) is 39.1. The van der Waals surface area contributed by atoms with E-state index in [1.807, 2.05) is 0 Å². The Morgan fingerprint density at radius 2 is 1.76 bits per heavy atom. The number of ether oxygens (including phenoxy) is 3. The van der Waals surface area contributed by atoms with E-state index in [1.165, 1.54) is 43.6 Å². The van der Waals surface area contributed by atoms with Gasteiger partial charge in [0, 0.05) is 44.0 Å². The lowest BCUT2D eigenvalue weighted by Crippen LogP contribution is -2.46. The molecule has 3 heterocycles. The highest BCUT2D eigenvalue weighted by Gasteiger charge is 2.21. The molecule has 0 spiro atoms. The second-order valence-electron chi connectivity index (χ2n) is 7.71. The number of rotatable bonds is 8. The predicted octanol–water partition coefficient (Wildman–Crippen LogP) is 1.66. The fourth-order valence-electron chi connectivity index (χ4n) is 3.85. The van der Waals surface area contributed by atoms with Gasteiger partial charge in [0.05, 0.1) is 21.3 Å². The molecule has 1 amide bonds. The molecule has 1 aliphatic rings. The topological polar surface area (TPSA) is 111 Å². The Labute approximate surface area is 200 Å². The van der Waals surface area contributed by atoms with E-state index in [1.54, 1.807) is 12.1 Å². The second kappa shape index (κ2) is 10.3. The van der Waals surface area contributed by atoms with Gasteiger partial charge in [-0.15, -0.1) is 0 Å². The van der Waals surface area contributed by atoms with E-state index < -0.39 is 5.91 Å². The lowest BCUT2D eigenvalue weighted by Gasteiger charge is -2.33. The predicted molar refractivity (Wildman–Crippen MR) is 131 cm³/mol. The molecule has 11 nitrogen and oxygen atoms in total. The zero-order valence-corrected chi connectivity index (χ0v) is 20.5. The van der Waals surface area contributed by atoms with Crippen LogP contribution < -0.4 is 30.0 Å². The van der Waals surface area contributed by atoms with Crippen molar-refractivity contribution in [1.82, 2.24) is 19.4 Å². The third-order valence-corrected chi connectivity index (χ3v) is 6.82. The van der Waals surface area contributed by atoms with Gasteiger partial charge >= 0.3 is 0 Å². The minimum atomic E-state index is -0.391. The number of aromatic nitrogens is 3. The van der Waals surface area contributed by atoms with Crippen molar-refractivity contribution in [3.8, 4) is 17.2 Å². The molecule has 182 valence electrons. The van der Waals surface area contributed by atoms with Crippen molar-refractivity contribution in [2.24, 2.45) is 0 Å². The van der Waals surface area contributed by atoms with Crippen LogP contribution >= 0.6 is 11.3 Å². The molecule has 0 atom stereocenters. The molecule has 0 radical (unpaired) electrons. The van der Waals surface area contributed by atoms with E-state index in [2.05, 4.69) is 32.0 Å². The van der Waals surface area contributed by atoms with Gasteiger partial charge in [-0.25, -0.2) is 4.98 Å². The van der Waals surface area contributed by atoms with Gasteiger partial charge in [0.1, 0.15) is 17.6 Å². The van der Waals surface area contributed by atoms with E-state index in [4.69, 9.17) is 14.2 Å². The summed E-state index contributed by atoms with van der Waals surface area (Å²) >= 11 is 1.32.